The Morgan fingerprint density at radius 1 is 1.22 bits per heavy atom. The van der Waals surface area contributed by atoms with Gasteiger partial charge in [0.2, 0.25) is 5.82 Å². The van der Waals surface area contributed by atoms with Gasteiger partial charge in [-0.05, 0) is 61.7 Å². The number of aliphatic imine (C=N–C) groups is 2. The Morgan fingerprint density at radius 3 is 2.62 bits per heavy atom. The van der Waals surface area contributed by atoms with E-state index in [9.17, 15) is 13.2 Å². The van der Waals surface area contributed by atoms with Gasteiger partial charge >= 0.3 is 6.36 Å². The van der Waals surface area contributed by atoms with Gasteiger partial charge in [0.25, 0.3) is 5.89 Å². The Bertz CT molecular complexity index is 1320. The van der Waals surface area contributed by atoms with E-state index in [0.717, 1.165) is 49.3 Å². The van der Waals surface area contributed by atoms with E-state index in [2.05, 4.69) is 41.9 Å². The number of piperidine rings is 1. The van der Waals surface area contributed by atoms with Gasteiger partial charge in [0.05, 0.1) is 12.6 Å². The molecule has 0 unspecified atom stereocenters. The maximum Gasteiger partial charge on any atom is 0.573 e. The fourth-order valence-electron chi connectivity index (χ4n) is 3.83. The molecule has 2 N–H and O–H groups in total. The van der Waals surface area contributed by atoms with E-state index in [1.165, 1.54) is 12.1 Å². The van der Waals surface area contributed by atoms with Crippen molar-refractivity contribution in [2.45, 2.75) is 32.7 Å². The number of amidine groups is 2. The first-order chi connectivity index (χ1) is 17.7. The van der Waals surface area contributed by atoms with E-state index in [-0.39, 0.29) is 29.2 Å². The summed E-state index contributed by atoms with van der Waals surface area (Å²) in [5, 5.41) is 12.9. The van der Waals surface area contributed by atoms with E-state index >= 15 is 0 Å². The summed E-state index contributed by atoms with van der Waals surface area (Å²) in [7, 11) is 0. The third kappa shape index (κ3) is 7.07. The summed E-state index contributed by atoms with van der Waals surface area (Å²) in [4.78, 5) is 15.1. The first-order valence-electron chi connectivity index (χ1n) is 11.5. The van der Waals surface area contributed by atoms with Crippen molar-refractivity contribution in [3.05, 3.63) is 60.0 Å². The second-order valence-electron chi connectivity index (χ2n) is 8.42. The highest BCUT2D eigenvalue weighted by atomic mass is 19.4. The molecule has 0 radical (unpaired) electrons. The first-order valence-corrected chi connectivity index (χ1v) is 11.5. The predicted molar refractivity (Wildman–Crippen MR) is 131 cm³/mol. The molecule has 1 saturated heterocycles. The third-order valence-electron chi connectivity index (χ3n) is 5.72. The number of hydrogen-bond donors (Lipinski definition) is 1. The van der Waals surface area contributed by atoms with Crippen LogP contribution in [0.25, 0.3) is 11.4 Å². The third-order valence-corrected chi connectivity index (χ3v) is 5.72. The van der Waals surface area contributed by atoms with Crippen LogP contribution in [0.5, 0.6) is 5.75 Å². The van der Waals surface area contributed by atoms with Crippen molar-refractivity contribution in [3.8, 4) is 23.2 Å². The molecule has 2 aromatic carbocycles. The predicted octanol–water partition coefficient (Wildman–Crippen LogP) is 4.70. The minimum absolute atomic E-state index is 0.0360. The molecular formula is C25H24F3N7O2. The fraction of sp³-hybridized carbons (Fsp3) is 0.320. The minimum Gasteiger partial charge on any atom is -0.406 e. The average molecular weight is 512 g/mol. The quantitative estimate of drug-likeness (QED) is 0.376. The zero-order valence-corrected chi connectivity index (χ0v) is 19.9. The van der Waals surface area contributed by atoms with Crippen LogP contribution in [-0.2, 0) is 6.54 Å². The van der Waals surface area contributed by atoms with Crippen molar-refractivity contribution in [1.29, 1.82) is 5.26 Å². The summed E-state index contributed by atoms with van der Waals surface area (Å²) < 4.78 is 46.0. The topological polar surface area (TPSA) is 126 Å². The van der Waals surface area contributed by atoms with E-state index in [1.54, 1.807) is 6.92 Å². The standard InChI is InChI=1S/C25H24F3N7O2/c1-16(31-15-18-3-2-4-20(13-18)35-11-9-17(14-29)10-12-35)32-22(30)24-33-23(34-37-24)19-5-7-21(8-6-19)36-25(26,27)28/h2-8,13,17H,9-12,15H2,1H3,(H2,30,31,32). The van der Waals surface area contributed by atoms with E-state index in [0.29, 0.717) is 17.9 Å². The Labute approximate surface area is 211 Å². The van der Waals surface area contributed by atoms with Gasteiger partial charge in [0.15, 0.2) is 5.84 Å². The molecule has 0 bridgehead atoms. The summed E-state index contributed by atoms with van der Waals surface area (Å²) in [6.07, 6.45) is -3.05. The molecule has 0 aliphatic carbocycles. The maximum atomic E-state index is 12.3. The maximum absolute atomic E-state index is 12.3. The summed E-state index contributed by atoms with van der Waals surface area (Å²) >= 11 is 0. The highest BCUT2D eigenvalue weighted by Crippen LogP contribution is 2.26. The van der Waals surface area contributed by atoms with Crippen LogP contribution < -0.4 is 15.4 Å². The molecular weight excluding hydrogens is 487 g/mol. The lowest BCUT2D eigenvalue weighted by atomic mass is 9.98. The minimum atomic E-state index is -4.77. The lowest BCUT2D eigenvalue weighted by molar-refractivity contribution is -0.274. The zero-order valence-electron chi connectivity index (χ0n) is 19.9. The zero-order chi connectivity index (χ0) is 26.4. The number of aromatic nitrogens is 2. The van der Waals surface area contributed by atoms with Crippen LogP contribution in [0.2, 0.25) is 0 Å². The molecule has 1 aliphatic heterocycles. The summed E-state index contributed by atoms with van der Waals surface area (Å²) in [5.41, 5.74) is 8.51. The van der Waals surface area contributed by atoms with Crippen LogP contribution in [0.1, 0.15) is 31.2 Å². The fourth-order valence-corrected chi connectivity index (χ4v) is 3.83. The average Bonchev–Trinajstić information content (AvgIpc) is 3.38. The number of nitrogens with two attached hydrogens (primary N) is 1. The molecule has 2 heterocycles. The smallest absolute Gasteiger partial charge is 0.406 e. The largest absolute Gasteiger partial charge is 0.573 e. The van der Waals surface area contributed by atoms with Crippen LogP contribution in [0.15, 0.2) is 63.0 Å². The normalized spacial score (nSPS) is 15.5. The number of alkyl halides is 3. The molecule has 9 nitrogen and oxygen atoms in total. The number of benzene rings is 2. The molecule has 4 rings (SSSR count). The first kappa shape index (κ1) is 25.7. The van der Waals surface area contributed by atoms with Crippen molar-refractivity contribution >= 4 is 17.4 Å². The molecule has 37 heavy (non-hydrogen) atoms. The highest BCUT2D eigenvalue weighted by molar-refractivity contribution is 6.02. The van der Waals surface area contributed by atoms with Crippen LogP contribution in [0.3, 0.4) is 0 Å². The van der Waals surface area contributed by atoms with Crippen molar-refractivity contribution < 1.29 is 22.4 Å². The van der Waals surface area contributed by atoms with Gasteiger partial charge in [-0.15, -0.1) is 13.2 Å². The van der Waals surface area contributed by atoms with Gasteiger partial charge < -0.3 is 19.9 Å². The summed E-state index contributed by atoms with van der Waals surface area (Å²) in [5.74, 6) is 0.238. The number of anilines is 1. The number of hydrogen-bond acceptors (Lipinski definition) is 7. The second kappa shape index (κ2) is 11.1. The summed E-state index contributed by atoms with van der Waals surface area (Å²) in [6, 6.07) is 15.5. The molecule has 0 amide bonds. The highest BCUT2D eigenvalue weighted by Gasteiger charge is 2.31. The van der Waals surface area contributed by atoms with Crippen molar-refractivity contribution in [2.75, 3.05) is 18.0 Å². The van der Waals surface area contributed by atoms with E-state index in [4.69, 9.17) is 15.5 Å². The van der Waals surface area contributed by atoms with Gasteiger partial charge in [0.1, 0.15) is 11.6 Å². The van der Waals surface area contributed by atoms with Crippen LogP contribution in [-0.4, -0.2) is 41.3 Å². The van der Waals surface area contributed by atoms with Crippen molar-refractivity contribution in [2.24, 2.45) is 21.6 Å². The van der Waals surface area contributed by atoms with Gasteiger partial charge in [-0.25, -0.2) is 4.99 Å². The number of nitrogens with zero attached hydrogens (tertiary/aromatic N) is 6. The van der Waals surface area contributed by atoms with E-state index < -0.39 is 6.36 Å². The molecule has 1 aliphatic rings. The van der Waals surface area contributed by atoms with E-state index in [1.807, 2.05) is 18.2 Å². The molecule has 0 spiro atoms. The van der Waals surface area contributed by atoms with Gasteiger partial charge in [-0.3, -0.25) is 4.99 Å². The molecule has 1 aromatic heterocycles. The molecule has 192 valence electrons. The van der Waals surface area contributed by atoms with Gasteiger partial charge in [-0.1, -0.05) is 17.3 Å². The summed E-state index contributed by atoms with van der Waals surface area (Å²) in [6.45, 7) is 3.79. The number of nitriles is 1. The Morgan fingerprint density at radius 2 is 1.95 bits per heavy atom. The van der Waals surface area contributed by atoms with Crippen LogP contribution in [0.4, 0.5) is 18.9 Å². The Balaban J connectivity index is 1.38. The molecule has 0 atom stereocenters. The lowest BCUT2D eigenvalue weighted by Gasteiger charge is -2.31. The number of halogens is 3. The molecule has 1 fully saturated rings. The molecule has 12 heteroatoms. The number of ether oxygens (including phenoxy) is 1. The molecule has 0 saturated carbocycles. The SMILES string of the molecule is CC(=NCc1cccc(N2CCC(C#N)CC2)c1)N=C(N)c1nc(-c2ccc(OC(F)(F)F)cc2)no1. The number of rotatable bonds is 6. The Hall–Kier alpha value is -4.40. The monoisotopic (exact) mass is 511 g/mol. The van der Waals surface area contributed by atoms with Crippen molar-refractivity contribution in [1.82, 2.24) is 10.1 Å². The van der Waals surface area contributed by atoms with Crippen molar-refractivity contribution in [3.63, 3.8) is 0 Å². The van der Waals surface area contributed by atoms with Crippen LogP contribution >= 0.6 is 0 Å². The lowest BCUT2D eigenvalue weighted by Crippen LogP contribution is -2.33. The Kier molecular flexibility index (Phi) is 7.71. The van der Waals surface area contributed by atoms with Gasteiger partial charge in [0, 0.05) is 30.3 Å². The molecule has 3 aromatic rings. The van der Waals surface area contributed by atoms with Crippen LogP contribution in [0, 0.1) is 17.2 Å². The second-order valence-corrected chi connectivity index (χ2v) is 8.42. The van der Waals surface area contributed by atoms with Gasteiger partial charge in [-0.2, -0.15) is 10.2 Å².